The van der Waals surface area contributed by atoms with Crippen molar-refractivity contribution in [2.45, 2.75) is 12.9 Å². The molecule has 2 heterocycles. The van der Waals surface area contributed by atoms with Gasteiger partial charge in [0, 0.05) is 24.5 Å². The Balaban J connectivity index is 2.65. The molecule has 0 saturated heterocycles. The van der Waals surface area contributed by atoms with Gasteiger partial charge in [0.1, 0.15) is 5.82 Å². The van der Waals surface area contributed by atoms with E-state index in [2.05, 4.69) is 10.4 Å². The molecule has 1 aliphatic rings. The number of hydrogen-bond acceptors (Lipinski definition) is 2. The van der Waals surface area contributed by atoms with Crippen molar-refractivity contribution in [3.8, 4) is 0 Å². The Kier molecular flexibility index (Phi) is 0.341. The summed E-state index contributed by atoms with van der Waals surface area (Å²) in [6.07, 6.45) is -1.42. The molecule has 48 valence electrons. The molecule has 1 N–H and O–H groups in total. The van der Waals surface area contributed by atoms with Crippen LogP contribution in [0.25, 0.3) is 0 Å². The van der Waals surface area contributed by atoms with Crippen LogP contribution in [0.1, 0.15) is 14.6 Å². The highest BCUT2D eigenvalue weighted by Crippen LogP contribution is 2.10. The smallest absolute Gasteiger partial charge is 0.124 e. The molecule has 0 amide bonds. The van der Waals surface area contributed by atoms with Crippen molar-refractivity contribution < 1.29 is 8.22 Å². The van der Waals surface area contributed by atoms with Gasteiger partial charge in [0.15, 0.2) is 0 Å². The molecule has 3 nitrogen and oxygen atoms in total. The molecular weight excluding hydrogens is 114 g/mol. The number of fused-ring (bicyclic) bond motifs is 1. The van der Waals surface area contributed by atoms with Crippen LogP contribution in [0.15, 0.2) is 12.3 Å². The molecule has 0 spiro atoms. The van der Waals surface area contributed by atoms with E-state index in [1.54, 1.807) is 0 Å². The van der Waals surface area contributed by atoms with Gasteiger partial charge in [0.2, 0.25) is 0 Å². The summed E-state index contributed by atoms with van der Waals surface area (Å²) in [6, 6.07) is 1.39. The van der Waals surface area contributed by atoms with Gasteiger partial charge in [-0.2, -0.15) is 5.10 Å². The van der Waals surface area contributed by atoms with E-state index < -0.39 is 19.4 Å². The first-order valence-electron chi connectivity index (χ1n) is 5.53. The molecule has 1 aromatic rings. The lowest BCUT2D eigenvalue weighted by molar-refractivity contribution is 0.568. The predicted molar refractivity (Wildman–Crippen MR) is 35.3 cm³/mol. The molecular formula is C6H9N3. The van der Waals surface area contributed by atoms with Crippen LogP contribution in [-0.2, 0) is 6.50 Å². The van der Waals surface area contributed by atoms with Crippen LogP contribution in [0.2, 0.25) is 0 Å². The summed E-state index contributed by atoms with van der Waals surface area (Å²) >= 11 is 0. The van der Waals surface area contributed by atoms with Gasteiger partial charge in [-0.05, 0) is 6.37 Å². The number of nitrogens with zero attached hydrogens (tertiary/aromatic N) is 2. The van der Waals surface area contributed by atoms with Crippen molar-refractivity contribution in [3.63, 3.8) is 0 Å². The minimum Gasteiger partial charge on any atom is -0.370 e. The fraction of sp³-hybridized carbons (Fsp3) is 0.500. The molecule has 0 atom stereocenters. The van der Waals surface area contributed by atoms with Crippen LogP contribution in [0.3, 0.4) is 0 Å². The van der Waals surface area contributed by atoms with Gasteiger partial charge in [-0.1, -0.05) is 0 Å². The summed E-state index contributed by atoms with van der Waals surface area (Å²) in [6.45, 7) is -5.01. The minimum absolute atomic E-state index is 0.125. The zero-order chi connectivity index (χ0) is 11.5. The zero-order valence-corrected chi connectivity index (χ0v) is 4.55. The Morgan fingerprint density at radius 1 is 1.89 bits per heavy atom. The molecule has 0 aliphatic carbocycles. The third-order valence-electron chi connectivity index (χ3n) is 1.06. The Bertz CT molecular complexity index is 397. The van der Waals surface area contributed by atoms with Crippen LogP contribution >= 0.6 is 0 Å². The summed E-state index contributed by atoms with van der Waals surface area (Å²) in [5.41, 5.74) is 0. The monoisotopic (exact) mass is 129 g/mol. The average Bonchev–Trinajstić information content (AvgIpc) is 2.49. The van der Waals surface area contributed by atoms with Crippen LogP contribution < -0.4 is 5.32 Å². The summed E-state index contributed by atoms with van der Waals surface area (Å²) in [7, 11) is 0. The van der Waals surface area contributed by atoms with Crippen molar-refractivity contribution in [3.05, 3.63) is 12.3 Å². The zero-order valence-electron chi connectivity index (χ0n) is 10.5. The molecule has 3 heteroatoms. The number of aryl methyl sites for hydroxylation is 1. The SMILES string of the molecule is [2H]C1([2H])Nc2ccnn2C([2H])([2H])C1([2H])[2H]. The number of anilines is 1. The Morgan fingerprint density at radius 3 is 3.89 bits per heavy atom. The van der Waals surface area contributed by atoms with E-state index in [9.17, 15) is 0 Å². The fourth-order valence-electron chi connectivity index (χ4n) is 0.663. The minimum atomic E-state index is -2.71. The lowest BCUT2D eigenvalue weighted by Crippen LogP contribution is -2.17. The molecule has 0 unspecified atom stereocenters. The third kappa shape index (κ3) is 0.686. The quantitative estimate of drug-likeness (QED) is 0.558. The average molecular weight is 129 g/mol. The number of rotatable bonds is 0. The first-order valence-corrected chi connectivity index (χ1v) is 2.53. The first kappa shape index (κ1) is 1.75. The van der Waals surface area contributed by atoms with Crippen molar-refractivity contribution in [2.75, 3.05) is 11.8 Å². The molecule has 1 aromatic heterocycles. The molecule has 0 saturated carbocycles. The molecule has 0 bridgehead atoms. The predicted octanol–water partition coefficient (Wildman–Crippen LogP) is 0.699. The van der Waals surface area contributed by atoms with E-state index in [1.807, 2.05) is 0 Å². The van der Waals surface area contributed by atoms with E-state index in [0.717, 1.165) is 4.68 Å². The Morgan fingerprint density at radius 2 is 2.89 bits per heavy atom. The van der Waals surface area contributed by atoms with Crippen molar-refractivity contribution in [1.29, 1.82) is 0 Å². The Labute approximate surface area is 62.1 Å². The van der Waals surface area contributed by atoms with E-state index >= 15 is 0 Å². The second kappa shape index (κ2) is 1.76. The van der Waals surface area contributed by atoms with Crippen LogP contribution in [0.4, 0.5) is 5.82 Å². The van der Waals surface area contributed by atoms with Crippen molar-refractivity contribution in [2.24, 2.45) is 0 Å². The topological polar surface area (TPSA) is 29.9 Å². The first-order chi connectivity index (χ1) is 6.70. The highest BCUT2D eigenvalue weighted by atomic mass is 15.3. The van der Waals surface area contributed by atoms with E-state index in [4.69, 9.17) is 8.22 Å². The van der Waals surface area contributed by atoms with Crippen molar-refractivity contribution >= 4 is 5.82 Å². The molecule has 0 aromatic carbocycles. The van der Waals surface area contributed by atoms with E-state index in [-0.39, 0.29) is 5.82 Å². The number of aromatic nitrogens is 2. The van der Waals surface area contributed by atoms with Gasteiger partial charge in [-0.3, -0.25) is 0 Å². The van der Waals surface area contributed by atoms with Crippen LogP contribution in [-0.4, -0.2) is 16.3 Å². The van der Waals surface area contributed by atoms with Gasteiger partial charge in [0.25, 0.3) is 0 Å². The maximum Gasteiger partial charge on any atom is 0.124 e. The lowest BCUT2D eigenvalue weighted by atomic mass is 10.3. The number of nitrogens with one attached hydrogen (secondary N) is 1. The summed E-state index contributed by atoms with van der Waals surface area (Å²) < 4.78 is 45.9. The Hall–Kier alpha value is -0.990. The molecule has 2 rings (SSSR count). The fourth-order valence-corrected chi connectivity index (χ4v) is 0.663. The van der Waals surface area contributed by atoms with Crippen LogP contribution in [0, 0.1) is 0 Å². The van der Waals surface area contributed by atoms with Gasteiger partial charge in [-0.15, -0.1) is 0 Å². The molecule has 0 fully saturated rings. The van der Waals surface area contributed by atoms with Gasteiger partial charge in [-0.25, -0.2) is 4.68 Å². The molecule has 9 heavy (non-hydrogen) atoms. The maximum atomic E-state index is 7.60. The van der Waals surface area contributed by atoms with Gasteiger partial charge >= 0.3 is 0 Å². The van der Waals surface area contributed by atoms with Crippen LogP contribution in [0.5, 0.6) is 0 Å². The summed E-state index contributed by atoms with van der Waals surface area (Å²) in [4.78, 5) is 0. The van der Waals surface area contributed by atoms with E-state index in [1.165, 1.54) is 12.3 Å². The molecule has 0 radical (unpaired) electrons. The summed E-state index contributed by atoms with van der Waals surface area (Å²) in [5, 5.41) is 5.92. The highest BCUT2D eigenvalue weighted by Gasteiger charge is 2.04. The number of hydrogen-bond donors (Lipinski definition) is 1. The normalized spacial score (nSPS) is 43.1. The second-order valence-corrected chi connectivity index (χ2v) is 1.62. The second-order valence-electron chi connectivity index (χ2n) is 1.62. The molecule has 1 aliphatic heterocycles. The van der Waals surface area contributed by atoms with E-state index in [0.29, 0.717) is 0 Å². The summed E-state index contributed by atoms with van der Waals surface area (Å²) in [5.74, 6) is 0.125. The third-order valence-corrected chi connectivity index (χ3v) is 1.06. The lowest BCUT2D eigenvalue weighted by Gasteiger charge is -2.14. The van der Waals surface area contributed by atoms with Gasteiger partial charge < -0.3 is 5.32 Å². The van der Waals surface area contributed by atoms with Crippen molar-refractivity contribution in [1.82, 2.24) is 9.78 Å². The standard InChI is InChI=1S/C6H9N3/c1-3-7-6-2-4-8-9(6)5-1/h2,4,7H,1,3,5H2/i1D2,3D2,5D2. The highest BCUT2D eigenvalue weighted by molar-refractivity contribution is 5.34. The largest absolute Gasteiger partial charge is 0.370 e. The maximum absolute atomic E-state index is 7.60. The van der Waals surface area contributed by atoms with Gasteiger partial charge in [0.05, 0.1) is 8.94 Å².